The number of rotatable bonds is 8. The Bertz CT molecular complexity index is 614. The van der Waals surface area contributed by atoms with E-state index in [1.807, 2.05) is 24.3 Å². The van der Waals surface area contributed by atoms with Crippen LogP contribution in [0.5, 0.6) is 5.75 Å². The Balaban J connectivity index is 1.84. The van der Waals surface area contributed by atoms with Gasteiger partial charge in [-0.05, 0) is 30.5 Å². The summed E-state index contributed by atoms with van der Waals surface area (Å²) < 4.78 is 5.60. The van der Waals surface area contributed by atoms with Crippen LogP contribution in [0.1, 0.15) is 29.4 Å². The molecule has 1 aromatic carbocycles. The average Bonchev–Trinajstić information content (AvgIpc) is 2.54. The zero-order valence-corrected chi connectivity index (χ0v) is 12.5. The Labute approximate surface area is 129 Å². The van der Waals surface area contributed by atoms with Crippen LogP contribution in [0.4, 0.5) is 5.82 Å². The highest BCUT2D eigenvalue weighted by molar-refractivity contribution is 5.84. The van der Waals surface area contributed by atoms with E-state index in [-0.39, 0.29) is 5.69 Å². The first-order valence-corrected chi connectivity index (χ1v) is 7.20. The predicted octanol–water partition coefficient (Wildman–Crippen LogP) is 2.62. The molecule has 1 aromatic heterocycles. The Morgan fingerprint density at radius 3 is 2.86 bits per heavy atom. The summed E-state index contributed by atoms with van der Waals surface area (Å²) in [6.45, 7) is 3.47. The molecule has 0 aliphatic heterocycles. The van der Waals surface area contributed by atoms with Crippen LogP contribution in [0, 0.1) is 0 Å². The first-order chi connectivity index (χ1) is 10.7. The number of aromatic carboxylic acids is 1. The van der Waals surface area contributed by atoms with Crippen molar-refractivity contribution in [3.8, 4) is 5.75 Å². The minimum absolute atomic E-state index is 0.0636. The lowest BCUT2D eigenvalue weighted by Gasteiger charge is -2.08. The summed E-state index contributed by atoms with van der Waals surface area (Å²) in [5.41, 5.74) is 1.10. The summed E-state index contributed by atoms with van der Waals surface area (Å²) in [6.07, 6.45) is 4.45. The number of hydrogen-bond acceptors (Lipinski definition) is 5. The van der Waals surface area contributed by atoms with E-state index in [0.717, 1.165) is 24.2 Å². The molecule has 0 amide bonds. The summed E-state index contributed by atoms with van der Waals surface area (Å²) in [4.78, 5) is 18.5. The number of aromatic nitrogens is 2. The van der Waals surface area contributed by atoms with E-state index in [4.69, 9.17) is 9.84 Å². The van der Waals surface area contributed by atoms with E-state index in [1.54, 1.807) is 0 Å². The van der Waals surface area contributed by atoms with Gasteiger partial charge in [-0.3, -0.25) is 0 Å². The number of carboxylic acid groups (broad SMARTS) is 1. The van der Waals surface area contributed by atoms with Gasteiger partial charge in [0.1, 0.15) is 11.6 Å². The van der Waals surface area contributed by atoms with Crippen molar-refractivity contribution in [2.24, 2.45) is 0 Å². The van der Waals surface area contributed by atoms with Crippen LogP contribution in [0.25, 0.3) is 0 Å². The van der Waals surface area contributed by atoms with Gasteiger partial charge in [0.2, 0.25) is 0 Å². The van der Waals surface area contributed by atoms with Crippen LogP contribution in [-0.2, 0) is 6.42 Å². The van der Waals surface area contributed by atoms with Crippen LogP contribution in [-0.4, -0.2) is 34.2 Å². The zero-order valence-electron chi connectivity index (χ0n) is 12.5. The maximum atomic E-state index is 10.7. The molecule has 0 spiro atoms. The minimum Gasteiger partial charge on any atom is -0.494 e. The molecule has 6 nitrogen and oxygen atoms in total. The molecular formula is C16H19N3O3. The molecule has 0 bridgehead atoms. The summed E-state index contributed by atoms with van der Waals surface area (Å²) in [5.74, 6) is 0.358. The number of carbonyl (C=O) groups is 1. The first-order valence-electron chi connectivity index (χ1n) is 7.20. The van der Waals surface area contributed by atoms with Gasteiger partial charge in [-0.25, -0.2) is 14.8 Å². The highest BCUT2D eigenvalue weighted by atomic mass is 16.5. The smallest absolute Gasteiger partial charge is 0.356 e. The van der Waals surface area contributed by atoms with Crippen molar-refractivity contribution >= 4 is 11.8 Å². The summed E-state index contributed by atoms with van der Waals surface area (Å²) in [7, 11) is 0. The number of anilines is 1. The Morgan fingerprint density at radius 1 is 1.32 bits per heavy atom. The lowest BCUT2D eigenvalue weighted by Crippen LogP contribution is -2.08. The lowest BCUT2D eigenvalue weighted by atomic mass is 10.1. The number of nitrogens with zero attached hydrogens (tertiary/aromatic N) is 2. The van der Waals surface area contributed by atoms with Crippen LogP contribution in [0.3, 0.4) is 0 Å². The minimum atomic E-state index is -1.08. The van der Waals surface area contributed by atoms with E-state index >= 15 is 0 Å². The third-order valence-electron chi connectivity index (χ3n) is 2.96. The Hall–Kier alpha value is -2.63. The van der Waals surface area contributed by atoms with Crippen molar-refractivity contribution < 1.29 is 14.6 Å². The second-order valence-electron chi connectivity index (χ2n) is 4.76. The van der Waals surface area contributed by atoms with Gasteiger partial charge in [0.05, 0.1) is 19.0 Å². The fourth-order valence-electron chi connectivity index (χ4n) is 1.88. The molecule has 2 N–H and O–H groups in total. The molecule has 1 heterocycles. The number of carboxylic acids is 1. The molecule has 0 atom stereocenters. The van der Waals surface area contributed by atoms with Crippen molar-refractivity contribution in [1.29, 1.82) is 0 Å². The van der Waals surface area contributed by atoms with Gasteiger partial charge in [-0.15, -0.1) is 0 Å². The highest BCUT2D eigenvalue weighted by Crippen LogP contribution is 2.14. The van der Waals surface area contributed by atoms with Gasteiger partial charge in [0.15, 0.2) is 5.69 Å². The maximum Gasteiger partial charge on any atom is 0.356 e. The molecule has 0 saturated heterocycles. The summed E-state index contributed by atoms with van der Waals surface area (Å²) in [6, 6.07) is 7.99. The van der Waals surface area contributed by atoms with Crippen LogP contribution >= 0.6 is 0 Å². The van der Waals surface area contributed by atoms with Gasteiger partial charge < -0.3 is 15.2 Å². The van der Waals surface area contributed by atoms with Crippen LogP contribution < -0.4 is 10.1 Å². The molecule has 0 radical (unpaired) electrons. The third kappa shape index (κ3) is 4.73. The van der Waals surface area contributed by atoms with Gasteiger partial charge in [0, 0.05) is 6.54 Å². The van der Waals surface area contributed by atoms with Crippen LogP contribution in [0.2, 0.25) is 0 Å². The first kappa shape index (κ1) is 15.8. The van der Waals surface area contributed by atoms with Crippen molar-refractivity contribution in [3.63, 3.8) is 0 Å². The molecule has 2 rings (SSSR count). The second-order valence-corrected chi connectivity index (χ2v) is 4.76. The molecule has 0 saturated carbocycles. The molecular weight excluding hydrogens is 282 g/mol. The predicted molar refractivity (Wildman–Crippen MR) is 83.4 cm³/mol. The van der Waals surface area contributed by atoms with Crippen molar-refractivity contribution in [2.75, 3.05) is 18.5 Å². The molecule has 2 aromatic rings. The second kappa shape index (κ2) is 7.97. The van der Waals surface area contributed by atoms with Crippen molar-refractivity contribution in [1.82, 2.24) is 9.97 Å². The van der Waals surface area contributed by atoms with Crippen molar-refractivity contribution in [2.45, 2.75) is 19.8 Å². The third-order valence-corrected chi connectivity index (χ3v) is 2.96. The molecule has 0 fully saturated rings. The van der Waals surface area contributed by atoms with E-state index in [1.165, 1.54) is 12.4 Å². The molecule has 6 heteroatoms. The number of benzene rings is 1. The van der Waals surface area contributed by atoms with E-state index in [0.29, 0.717) is 19.0 Å². The van der Waals surface area contributed by atoms with E-state index in [2.05, 4.69) is 22.2 Å². The summed E-state index contributed by atoms with van der Waals surface area (Å²) >= 11 is 0. The molecule has 0 aliphatic carbocycles. The van der Waals surface area contributed by atoms with Gasteiger partial charge in [-0.1, -0.05) is 19.1 Å². The number of nitrogens with one attached hydrogen (secondary N) is 1. The number of hydrogen-bond donors (Lipinski definition) is 2. The van der Waals surface area contributed by atoms with E-state index < -0.39 is 5.97 Å². The van der Waals surface area contributed by atoms with Gasteiger partial charge >= 0.3 is 5.97 Å². The molecule has 22 heavy (non-hydrogen) atoms. The van der Waals surface area contributed by atoms with Gasteiger partial charge in [-0.2, -0.15) is 0 Å². The molecule has 0 aliphatic rings. The van der Waals surface area contributed by atoms with Crippen molar-refractivity contribution in [3.05, 3.63) is 47.9 Å². The Morgan fingerprint density at radius 2 is 2.18 bits per heavy atom. The lowest BCUT2D eigenvalue weighted by molar-refractivity contribution is 0.0690. The van der Waals surface area contributed by atoms with Gasteiger partial charge in [0.25, 0.3) is 0 Å². The normalized spacial score (nSPS) is 10.2. The molecule has 116 valence electrons. The topological polar surface area (TPSA) is 84.3 Å². The number of ether oxygens (including phenoxy) is 1. The summed E-state index contributed by atoms with van der Waals surface area (Å²) in [5, 5.41) is 11.9. The zero-order chi connectivity index (χ0) is 15.8. The largest absolute Gasteiger partial charge is 0.494 e. The monoisotopic (exact) mass is 301 g/mol. The fraction of sp³-hybridized carbons (Fsp3) is 0.312. The molecule has 0 unspecified atom stereocenters. The highest BCUT2D eigenvalue weighted by Gasteiger charge is 2.04. The quantitative estimate of drug-likeness (QED) is 0.779. The van der Waals surface area contributed by atoms with E-state index in [9.17, 15) is 4.79 Å². The average molecular weight is 301 g/mol. The van der Waals surface area contributed by atoms with Crippen LogP contribution in [0.15, 0.2) is 36.7 Å². The standard InChI is InChI=1S/C16H19N3O3/c1-2-8-22-13-5-3-4-12(9-13)6-7-17-15-11-18-14(10-19-15)16(20)21/h3-5,9-11H,2,6-8H2,1H3,(H,17,19)(H,20,21). The SMILES string of the molecule is CCCOc1cccc(CCNc2cnc(C(=O)O)cn2)c1. The Kier molecular flexibility index (Phi) is 5.71. The fourth-order valence-corrected chi connectivity index (χ4v) is 1.88. The maximum absolute atomic E-state index is 10.7.